The van der Waals surface area contributed by atoms with Crippen molar-refractivity contribution in [1.82, 2.24) is 10.9 Å². The van der Waals surface area contributed by atoms with Crippen molar-refractivity contribution in [2.75, 3.05) is 0 Å². The van der Waals surface area contributed by atoms with Gasteiger partial charge in [0.15, 0.2) is 6.10 Å². The highest BCUT2D eigenvalue weighted by molar-refractivity contribution is 5.85. The lowest BCUT2D eigenvalue weighted by molar-refractivity contribution is -0.132. The van der Waals surface area contributed by atoms with Crippen molar-refractivity contribution in [3.8, 4) is 11.5 Å². The van der Waals surface area contributed by atoms with E-state index in [1.807, 2.05) is 26.0 Å². The number of hydrogen-bond donors (Lipinski definition) is 3. The van der Waals surface area contributed by atoms with Gasteiger partial charge in [-0.2, -0.15) is 0 Å². The zero-order valence-electron chi connectivity index (χ0n) is 14.5. The van der Waals surface area contributed by atoms with Crippen molar-refractivity contribution < 1.29 is 19.4 Å². The van der Waals surface area contributed by atoms with Crippen molar-refractivity contribution >= 4 is 11.8 Å². The van der Waals surface area contributed by atoms with Crippen molar-refractivity contribution in [2.45, 2.75) is 33.3 Å². The molecule has 6 heteroatoms. The van der Waals surface area contributed by atoms with Crippen LogP contribution in [-0.2, 0) is 16.0 Å². The number of benzene rings is 2. The molecule has 0 aromatic heterocycles. The Morgan fingerprint density at radius 3 is 2.52 bits per heavy atom. The minimum Gasteiger partial charge on any atom is -0.508 e. The molecular formula is C19H22N2O4. The molecule has 1 atom stereocenters. The summed E-state index contributed by atoms with van der Waals surface area (Å²) < 4.78 is 5.65. The lowest BCUT2D eigenvalue weighted by Gasteiger charge is -2.17. The number of hydrogen-bond acceptors (Lipinski definition) is 4. The molecule has 3 N–H and O–H groups in total. The van der Waals surface area contributed by atoms with Gasteiger partial charge in [-0.15, -0.1) is 0 Å². The van der Waals surface area contributed by atoms with Crippen LogP contribution in [0.3, 0.4) is 0 Å². The second kappa shape index (κ2) is 8.19. The molecule has 2 amide bonds. The second-order valence-corrected chi connectivity index (χ2v) is 5.80. The number of hydrazine groups is 1. The van der Waals surface area contributed by atoms with E-state index in [0.717, 1.165) is 11.1 Å². The van der Waals surface area contributed by atoms with Gasteiger partial charge in [0.25, 0.3) is 5.91 Å². The summed E-state index contributed by atoms with van der Waals surface area (Å²) >= 11 is 0. The quantitative estimate of drug-likeness (QED) is 0.727. The molecule has 0 saturated heterocycles. The van der Waals surface area contributed by atoms with Crippen LogP contribution in [0.25, 0.3) is 0 Å². The molecule has 0 aliphatic rings. The maximum Gasteiger partial charge on any atom is 0.279 e. The Bertz CT molecular complexity index is 774. The molecule has 6 nitrogen and oxygen atoms in total. The number of rotatable bonds is 5. The summed E-state index contributed by atoms with van der Waals surface area (Å²) in [4.78, 5) is 23.9. The third kappa shape index (κ3) is 4.97. The fourth-order valence-electron chi connectivity index (χ4n) is 2.21. The number of carbonyl (C=O) groups is 2. The van der Waals surface area contributed by atoms with E-state index in [0.29, 0.717) is 11.3 Å². The van der Waals surface area contributed by atoms with Gasteiger partial charge >= 0.3 is 0 Å². The highest BCUT2D eigenvalue weighted by atomic mass is 16.5. The maximum absolute atomic E-state index is 12.1. The Labute approximate surface area is 146 Å². The monoisotopic (exact) mass is 342 g/mol. The van der Waals surface area contributed by atoms with Crippen LogP contribution >= 0.6 is 0 Å². The van der Waals surface area contributed by atoms with Crippen LogP contribution in [0.4, 0.5) is 0 Å². The van der Waals surface area contributed by atoms with Crippen molar-refractivity contribution in [1.29, 1.82) is 0 Å². The van der Waals surface area contributed by atoms with Gasteiger partial charge in [-0.3, -0.25) is 20.4 Å². The minimum atomic E-state index is -0.772. The summed E-state index contributed by atoms with van der Waals surface area (Å²) in [5.74, 6) is -0.237. The molecule has 0 aliphatic heterocycles. The number of carbonyl (C=O) groups excluding carboxylic acids is 2. The highest BCUT2D eigenvalue weighted by Crippen LogP contribution is 2.21. The number of amides is 2. The fraction of sp³-hybridized carbons (Fsp3) is 0.263. The van der Waals surface area contributed by atoms with Gasteiger partial charge in [-0.25, -0.2) is 0 Å². The molecular weight excluding hydrogens is 320 g/mol. The number of nitrogens with one attached hydrogen (secondary N) is 2. The first-order valence-corrected chi connectivity index (χ1v) is 7.97. The van der Waals surface area contributed by atoms with Crippen molar-refractivity contribution in [3.63, 3.8) is 0 Å². The number of ether oxygens (including phenoxy) is 1. The van der Waals surface area contributed by atoms with Gasteiger partial charge in [0.2, 0.25) is 5.91 Å². The van der Waals surface area contributed by atoms with Gasteiger partial charge in [-0.1, -0.05) is 30.3 Å². The predicted molar refractivity (Wildman–Crippen MR) is 94.1 cm³/mol. The summed E-state index contributed by atoms with van der Waals surface area (Å²) in [6, 6.07) is 12.2. The minimum absolute atomic E-state index is 0.0376. The molecule has 0 fully saturated rings. The summed E-state index contributed by atoms with van der Waals surface area (Å²) in [6.45, 7) is 5.49. The molecule has 0 heterocycles. The van der Waals surface area contributed by atoms with Crippen molar-refractivity contribution in [2.24, 2.45) is 0 Å². The van der Waals surface area contributed by atoms with Crippen LogP contribution in [-0.4, -0.2) is 23.0 Å². The molecule has 0 radical (unpaired) electrons. The van der Waals surface area contributed by atoms with E-state index in [1.54, 1.807) is 31.2 Å². The summed E-state index contributed by atoms with van der Waals surface area (Å²) in [6.07, 6.45) is -0.815. The first-order chi connectivity index (χ1) is 11.9. The van der Waals surface area contributed by atoms with Gasteiger partial charge in [0.1, 0.15) is 11.5 Å². The Morgan fingerprint density at radius 1 is 1.08 bits per heavy atom. The van der Waals surface area contributed by atoms with Gasteiger partial charge in [0, 0.05) is 5.56 Å². The number of phenolic OH excluding ortho intramolecular Hbond substituents is 1. The third-order valence-corrected chi connectivity index (χ3v) is 3.90. The van der Waals surface area contributed by atoms with E-state index in [1.165, 1.54) is 6.07 Å². The zero-order valence-corrected chi connectivity index (χ0v) is 14.5. The summed E-state index contributed by atoms with van der Waals surface area (Å²) in [5.41, 5.74) is 7.17. The number of para-hydroxylation sites is 1. The van der Waals surface area contributed by atoms with Crippen LogP contribution < -0.4 is 15.6 Å². The molecule has 25 heavy (non-hydrogen) atoms. The highest BCUT2D eigenvalue weighted by Gasteiger charge is 2.17. The topological polar surface area (TPSA) is 87.7 Å². The molecule has 0 bridgehead atoms. The standard InChI is InChI=1S/C19H22N2O4/c1-12-7-6-10-17(13(12)2)25-14(3)19(24)21-20-18(23)11-15-8-4-5-9-16(15)22/h4-10,14,22H,11H2,1-3H3,(H,20,23)(H,21,24). The first kappa shape index (κ1) is 18.3. The third-order valence-electron chi connectivity index (χ3n) is 3.90. The fourth-order valence-corrected chi connectivity index (χ4v) is 2.21. The SMILES string of the molecule is Cc1cccc(OC(C)C(=O)NNC(=O)Cc2ccccc2O)c1C. The number of aryl methyl sites for hydroxylation is 1. The van der Waals surface area contributed by atoms with Crippen LogP contribution in [0.15, 0.2) is 42.5 Å². The number of aromatic hydroxyl groups is 1. The lowest BCUT2D eigenvalue weighted by Crippen LogP contribution is -2.47. The van der Waals surface area contributed by atoms with E-state index < -0.39 is 17.9 Å². The van der Waals surface area contributed by atoms with E-state index in [9.17, 15) is 14.7 Å². The van der Waals surface area contributed by atoms with Crippen LogP contribution in [0.1, 0.15) is 23.6 Å². The van der Waals surface area contributed by atoms with Crippen molar-refractivity contribution in [3.05, 3.63) is 59.2 Å². The normalized spacial score (nSPS) is 11.5. The molecule has 0 saturated carbocycles. The molecule has 2 rings (SSSR count). The maximum atomic E-state index is 12.1. The largest absolute Gasteiger partial charge is 0.508 e. The molecule has 0 aliphatic carbocycles. The Morgan fingerprint density at radius 2 is 1.80 bits per heavy atom. The zero-order chi connectivity index (χ0) is 18.4. The van der Waals surface area contributed by atoms with E-state index in [-0.39, 0.29) is 12.2 Å². The Hall–Kier alpha value is -3.02. The van der Waals surface area contributed by atoms with Gasteiger partial charge in [0.05, 0.1) is 6.42 Å². The first-order valence-electron chi connectivity index (χ1n) is 7.97. The number of phenols is 1. The Kier molecular flexibility index (Phi) is 6.00. The lowest BCUT2D eigenvalue weighted by atomic mass is 10.1. The van der Waals surface area contributed by atoms with E-state index in [2.05, 4.69) is 10.9 Å². The summed E-state index contributed by atoms with van der Waals surface area (Å²) in [7, 11) is 0. The molecule has 1 unspecified atom stereocenters. The van der Waals surface area contributed by atoms with Gasteiger partial charge in [-0.05, 0) is 44.0 Å². The van der Waals surface area contributed by atoms with E-state index in [4.69, 9.17) is 4.74 Å². The van der Waals surface area contributed by atoms with Gasteiger partial charge < -0.3 is 9.84 Å². The van der Waals surface area contributed by atoms with Crippen LogP contribution in [0, 0.1) is 13.8 Å². The molecule has 2 aromatic carbocycles. The summed E-state index contributed by atoms with van der Waals surface area (Å²) in [5, 5.41) is 9.65. The molecule has 2 aromatic rings. The Balaban J connectivity index is 1.86. The van der Waals surface area contributed by atoms with Crippen LogP contribution in [0.2, 0.25) is 0 Å². The van der Waals surface area contributed by atoms with Crippen LogP contribution in [0.5, 0.6) is 11.5 Å². The second-order valence-electron chi connectivity index (χ2n) is 5.80. The predicted octanol–water partition coefficient (Wildman–Crippen LogP) is 2.17. The average Bonchev–Trinajstić information content (AvgIpc) is 2.58. The van der Waals surface area contributed by atoms with E-state index >= 15 is 0 Å². The average molecular weight is 342 g/mol. The molecule has 132 valence electrons. The smallest absolute Gasteiger partial charge is 0.279 e. The molecule has 0 spiro atoms.